The van der Waals surface area contributed by atoms with E-state index in [2.05, 4.69) is 30.9 Å². The fourth-order valence-corrected chi connectivity index (χ4v) is 3.34. The summed E-state index contributed by atoms with van der Waals surface area (Å²) in [5, 5.41) is 4.43. The van der Waals surface area contributed by atoms with E-state index in [4.69, 9.17) is 0 Å². The Balaban J connectivity index is 2.05. The zero-order valence-corrected chi connectivity index (χ0v) is 14.0. The molecule has 2 rings (SSSR count). The van der Waals surface area contributed by atoms with Crippen molar-refractivity contribution in [1.29, 1.82) is 0 Å². The van der Waals surface area contributed by atoms with Gasteiger partial charge < -0.3 is 9.80 Å². The zero-order valence-electron chi connectivity index (χ0n) is 14.0. The Labute approximate surface area is 127 Å². The van der Waals surface area contributed by atoms with Gasteiger partial charge in [-0.3, -0.25) is 9.48 Å². The normalized spacial score (nSPS) is 22.7. The molecule has 0 aliphatic carbocycles. The van der Waals surface area contributed by atoms with E-state index in [1.165, 1.54) is 0 Å². The molecule has 5 nitrogen and oxygen atoms in total. The molecule has 5 heteroatoms. The Morgan fingerprint density at radius 1 is 1.48 bits per heavy atom. The summed E-state index contributed by atoms with van der Waals surface area (Å²) >= 11 is 0. The van der Waals surface area contributed by atoms with Gasteiger partial charge in [-0.2, -0.15) is 5.10 Å². The molecule has 1 aromatic heterocycles. The number of nitrogens with zero attached hydrogens (tertiary/aromatic N) is 4. The van der Waals surface area contributed by atoms with Crippen molar-refractivity contribution in [2.75, 3.05) is 33.7 Å². The molecule has 0 bridgehead atoms. The summed E-state index contributed by atoms with van der Waals surface area (Å²) < 4.78 is 1.72. The second kappa shape index (κ2) is 6.18. The predicted octanol–water partition coefficient (Wildman–Crippen LogP) is 1.79. The third-order valence-corrected chi connectivity index (χ3v) is 4.37. The third kappa shape index (κ3) is 3.64. The van der Waals surface area contributed by atoms with Gasteiger partial charge in [0.25, 0.3) is 5.91 Å². The first-order valence-electron chi connectivity index (χ1n) is 7.81. The van der Waals surface area contributed by atoms with Crippen molar-refractivity contribution in [2.45, 2.75) is 33.1 Å². The number of amides is 1. The van der Waals surface area contributed by atoms with Gasteiger partial charge in [-0.25, -0.2) is 0 Å². The van der Waals surface area contributed by atoms with Crippen molar-refractivity contribution >= 4 is 5.91 Å². The fourth-order valence-electron chi connectivity index (χ4n) is 3.34. The number of likely N-dealkylation sites (tertiary alicyclic amines) is 1. The molecule has 1 aliphatic rings. The second-order valence-electron chi connectivity index (χ2n) is 6.85. The maximum atomic E-state index is 12.6. The van der Waals surface area contributed by atoms with Gasteiger partial charge in [-0.1, -0.05) is 20.3 Å². The molecule has 1 aromatic rings. The van der Waals surface area contributed by atoms with E-state index < -0.39 is 0 Å². The Morgan fingerprint density at radius 2 is 2.19 bits per heavy atom. The quantitative estimate of drug-likeness (QED) is 0.831. The molecule has 1 fully saturated rings. The summed E-state index contributed by atoms with van der Waals surface area (Å²) in [4.78, 5) is 16.8. The number of carbonyl (C=O) groups is 1. The van der Waals surface area contributed by atoms with Crippen LogP contribution in [0.4, 0.5) is 0 Å². The maximum absolute atomic E-state index is 12.6. The van der Waals surface area contributed by atoms with Crippen molar-refractivity contribution in [1.82, 2.24) is 19.6 Å². The van der Waals surface area contributed by atoms with Gasteiger partial charge in [0.05, 0.1) is 5.69 Å². The van der Waals surface area contributed by atoms with Gasteiger partial charge in [0, 0.05) is 27.2 Å². The lowest BCUT2D eigenvalue weighted by Crippen LogP contribution is -2.39. The topological polar surface area (TPSA) is 41.4 Å². The van der Waals surface area contributed by atoms with E-state index in [1.807, 2.05) is 25.1 Å². The van der Waals surface area contributed by atoms with Crippen molar-refractivity contribution < 1.29 is 4.79 Å². The Hall–Kier alpha value is -1.36. The van der Waals surface area contributed by atoms with Crippen LogP contribution in [0, 0.1) is 5.41 Å². The molecule has 118 valence electrons. The van der Waals surface area contributed by atoms with Gasteiger partial charge in [0.2, 0.25) is 0 Å². The van der Waals surface area contributed by atoms with Crippen LogP contribution in [0.5, 0.6) is 0 Å². The third-order valence-electron chi connectivity index (χ3n) is 4.37. The van der Waals surface area contributed by atoms with Crippen molar-refractivity contribution in [2.24, 2.45) is 12.5 Å². The van der Waals surface area contributed by atoms with Crippen LogP contribution in [0.15, 0.2) is 6.07 Å². The molecule has 0 saturated carbocycles. The van der Waals surface area contributed by atoms with Gasteiger partial charge in [0.1, 0.15) is 5.69 Å². The Morgan fingerprint density at radius 3 is 2.76 bits per heavy atom. The SMILES string of the molecule is CCCc1cc(C(=O)N(C)C[C@@]2(C)CCN(C)C2)n(C)n1. The van der Waals surface area contributed by atoms with Crippen LogP contribution in [0.2, 0.25) is 0 Å². The molecule has 2 heterocycles. The van der Waals surface area contributed by atoms with E-state index in [-0.39, 0.29) is 11.3 Å². The summed E-state index contributed by atoms with van der Waals surface area (Å²) in [5.41, 5.74) is 1.89. The molecule has 0 N–H and O–H groups in total. The largest absolute Gasteiger partial charge is 0.340 e. The van der Waals surface area contributed by atoms with Gasteiger partial charge in [0.15, 0.2) is 0 Å². The van der Waals surface area contributed by atoms with Gasteiger partial charge in [-0.05, 0) is 37.9 Å². The van der Waals surface area contributed by atoms with Crippen LogP contribution >= 0.6 is 0 Å². The molecule has 21 heavy (non-hydrogen) atoms. The first-order chi connectivity index (χ1) is 9.84. The summed E-state index contributed by atoms with van der Waals surface area (Å²) in [6.07, 6.45) is 3.12. The van der Waals surface area contributed by atoms with Crippen molar-refractivity contribution in [3.05, 3.63) is 17.5 Å². The highest BCUT2D eigenvalue weighted by Crippen LogP contribution is 2.29. The number of aromatic nitrogens is 2. The van der Waals surface area contributed by atoms with E-state index >= 15 is 0 Å². The lowest BCUT2D eigenvalue weighted by molar-refractivity contribution is 0.0719. The number of hydrogen-bond acceptors (Lipinski definition) is 3. The highest BCUT2D eigenvalue weighted by atomic mass is 16.2. The van der Waals surface area contributed by atoms with Crippen LogP contribution in [0.25, 0.3) is 0 Å². The molecular weight excluding hydrogens is 264 g/mol. The van der Waals surface area contributed by atoms with Crippen LogP contribution in [0.3, 0.4) is 0 Å². The highest BCUT2D eigenvalue weighted by Gasteiger charge is 2.34. The molecule has 1 atom stereocenters. The number of rotatable bonds is 5. The van der Waals surface area contributed by atoms with E-state index in [0.717, 1.165) is 44.6 Å². The number of carbonyl (C=O) groups excluding carboxylic acids is 1. The number of hydrogen-bond donors (Lipinski definition) is 0. The summed E-state index contributed by atoms with van der Waals surface area (Å²) in [6.45, 7) is 7.36. The zero-order chi connectivity index (χ0) is 15.6. The first-order valence-corrected chi connectivity index (χ1v) is 7.81. The summed E-state index contributed by atoms with van der Waals surface area (Å²) in [7, 11) is 5.90. The average molecular weight is 292 g/mol. The minimum absolute atomic E-state index is 0.0723. The maximum Gasteiger partial charge on any atom is 0.271 e. The summed E-state index contributed by atoms with van der Waals surface area (Å²) in [5.74, 6) is 0.0723. The molecule has 0 aromatic carbocycles. The Kier molecular flexibility index (Phi) is 4.71. The number of aryl methyl sites for hydroxylation is 2. The average Bonchev–Trinajstić information content (AvgIpc) is 2.92. The van der Waals surface area contributed by atoms with Crippen molar-refractivity contribution in [3.8, 4) is 0 Å². The smallest absolute Gasteiger partial charge is 0.271 e. The molecule has 0 spiro atoms. The van der Waals surface area contributed by atoms with E-state index in [9.17, 15) is 4.79 Å². The highest BCUT2D eigenvalue weighted by molar-refractivity contribution is 5.92. The van der Waals surface area contributed by atoms with Crippen LogP contribution in [-0.2, 0) is 13.5 Å². The lowest BCUT2D eigenvalue weighted by atomic mass is 9.89. The van der Waals surface area contributed by atoms with Gasteiger partial charge in [-0.15, -0.1) is 0 Å². The second-order valence-corrected chi connectivity index (χ2v) is 6.85. The van der Waals surface area contributed by atoms with Crippen molar-refractivity contribution in [3.63, 3.8) is 0 Å². The van der Waals surface area contributed by atoms with Gasteiger partial charge >= 0.3 is 0 Å². The minimum Gasteiger partial charge on any atom is -0.340 e. The predicted molar refractivity (Wildman–Crippen MR) is 84.4 cm³/mol. The molecule has 1 amide bonds. The molecule has 0 unspecified atom stereocenters. The molecule has 1 saturated heterocycles. The van der Waals surface area contributed by atoms with Crippen LogP contribution in [0.1, 0.15) is 42.9 Å². The standard InChI is InChI=1S/C16H28N4O/c1-6-7-13-10-14(20(5)17-13)15(21)19(4)12-16(2)8-9-18(3)11-16/h10H,6-9,11-12H2,1-5H3/t16-/m0/s1. The summed E-state index contributed by atoms with van der Waals surface area (Å²) in [6, 6.07) is 1.94. The van der Waals surface area contributed by atoms with E-state index in [0.29, 0.717) is 5.69 Å². The van der Waals surface area contributed by atoms with Crippen LogP contribution < -0.4 is 0 Å². The molecule has 0 radical (unpaired) electrons. The molecular formula is C16H28N4O. The Bertz CT molecular complexity index is 510. The molecule has 1 aliphatic heterocycles. The minimum atomic E-state index is 0.0723. The lowest BCUT2D eigenvalue weighted by Gasteiger charge is -2.29. The fraction of sp³-hybridized carbons (Fsp3) is 0.750. The van der Waals surface area contributed by atoms with E-state index in [1.54, 1.807) is 4.68 Å². The van der Waals surface area contributed by atoms with Crippen LogP contribution in [-0.4, -0.2) is 59.2 Å². The first kappa shape index (κ1) is 16.0. The monoisotopic (exact) mass is 292 g/mol.